The van der Waals surface area contributed by atoms with Crippen LogP contribution in [0, 0.1) is 0 Å². The lowest BCUT2D eigenvalue weighted by molar-refractivity contribution is -0.280. The third-order valence-corrected chi connectivity index (χ3v) is 7.52. The molecule has 2 aliphatic rings. The normalized spacial score (nSPS) is 29.7. The molecule has 36 heavy (non-hydrogen) atoms. The number of ether oxygens (including phenoxy) is 3. The second-order valence-corrected chi connectivity index (χ2v) is 9.68. The fraction of sp³-hybridized carbons (Fsp3) is 0.440. The zero-order chi connectivity index (χ0) is 26.1. The SMILES string of the molecule is COC(=O)C1OC(OC(=O)N(C)[C@@H]2CC[C@H](c3ccc(Cl)c(Cl)c3)c3ccccc32)C(O)C(O)C1O. The third-order valence-electron chi connectivity index (χ3n) is 6.78. The number of carbonyl (C=O) groups is 2. The number of esters is 1. The molecule has 9 nitrogen and oxygen atoms in total. The maximum atomic E-state index is 13.1. The van der Waals surface area contributed by atoms with E-state index in [4.69, 9.17) is 32.7 Å². The van der Waals surface area contributed by atoms with E-state index in [1.54, 1.807) is 13.1 Å². The van der Waals surface area contributed by atoms with Gasteiger partial charge < -0.3 is 34.4 Å². The number of hydrogen-bond donors (Lipinski definition) is 3. The average molecular weight is 540 g/mol. The highest BCUT2D eigenvalue weighted by Gasteiger charge is 2.49. The summed E-state index contributed by atoms with van der Waals surface area (Å²) >= 11 is 12.3. The van der Waals surface area contributed by atoms with Gasteiger partial charge in [0.15, 0.2) is 6.10 Å². The Balaban J connectivity index is 1.53. The van der Waals surface area contributed by atoms with E-state index in [2.05, 4.69) is 4.74 Å². The minimum absolute atomic E-state index is 0.0533. The molecule has 1 heterocycles. The predicted octanol–water partition coefficient (Wildman–Crippen LogP) is 3.01. The number of benzene rings is 2. The van der Waals surface area contributed by atoms with Gasteiger partial charge in [0.2, 0.25) is 6.29 Å². The number of carbonyl (C=O) groups excluding carboxylic acids is 2. The van der Waals surface area contributed by atoms with Crippen LogP contribution in [0.1, 0.15) is 41.5 Å². The van der Waals surface area contributed by atoms with Crippen molar-refractivity contribution >= 4 is 35.3 Å². The Bertz CT molecular complexity index is 1130. The van der Waals surface area contributed by atoms with Crippen LogP contribution in [0.15, 0.2) is 42.5 Å². The first-order valence-corrected chi connectivity index (χ1v) is 12.1. The van der Waals surface area contributed by atoms with E-state index in [1.165, 1.54) is 4.90 Å². The summed E-state index contributed by atoms with van der Waals surface area (Å²) in [6.45, 7) is 0. The monoisotopic (exact) mass is 539 g/mol. The molecule has 194 valence electrons. The number of rotatable bonds is 4. The Morgan fingerprint density at radius 2 is 1.67 bits per heavy atom. The average Bonchev–Trinajstić information content (AvgIpc) is 2.89. The molecule has 0 aromatic heterocycles. The number of amides is 1. The molecule has 4 rings (SSSR count). The molecule has 7 atom stereocenters. The van der Waals surface area contributed by atoms with Gasteiger partial charge in [0.25, 0.3) is 0 Å². The summed E-state index contributed by atoms with van der Waals surface area (Å²) in [5.74, 6) is -0.921. The Labute approximate surface area is 218 Å². The van der Waals surface area contributed by atoms with Gasteiger partial charge >= 0.3 is 12.1 Å². The molecule has 0 saturated carbocycles. The number of fused-ring (bicyclic) bond motifs is 1. The maximum absolute atomic E-state index is 13.1. The third kappa shape index (κ3) is 5.04. The molecule has 1 fully saturated rings. The van der Waals surface area contributed by atoms with Crippen LogP contribution in [-0.4, -0.2) is 77.1 Å². The van der Waals surface area contributed by atoms with Gasteiger partial charge in [-0.05, 0) is 41.7 Å². The molecule has 11 heteroatoms. The minimum atomic E-state index is -1.78. The number of nitrogens with zero attached hydrogens (tertiary/aromatic N) is 1. The lowest BCUT2D eigenvalue weighted by atomic mass is 9.76. The Morgan fingerprint density at radius 1 is 0.972 bits per heavy atom. The van der Waals surface area contributed by atoms with Crippen molar-refractivity contribution < 1.29 is 39.1 Å². The molecular formula is C25H27Cl2NO8. The number of hydrogen-bond acceptors (Lipinski definition) is 8. The van der Waals surface area contributed by atoms with Crippen LogP contribution in [0.3, 0.4) is 0 Å². The molecule has 1 aliphatic carbocycles. The van der Waals surface area contributed by atoms with Gasteiger partial charge in [-0.25, -0.2) is 9.59 Å². The number of aliphatic hydroxyl groups excluding tert-OH is 3. The van der Waals surface area contributed by atoms with Crippen molar-refractivity contribution in [2.45, 2.75) is 55.5 Å². The van der Waals surface area contributed by atoms with Crippen LogP contribution in [0.25, 0.3) is 0 Å². The van der Waals surface area contributed by atoms with Crippen LogP contribution < -0.4 is 0 Å². The van der Waals surface area contributed by atoms with Crippen LogP contribution >= 0.6 is 23.2 Å². The summed E-state index contributed by atoms with van der Waals surface area (Å²) in [7, 11) is 2.64. The highest BCUT2D eigenvalue weighted by molar-refractivity contribution is 6.42. The van der Waals surface area contributed by atoms with Gasteiger partial charge in [0, 0.05) is 13.0 Å². The fourth-order valence-electron chi connectivity index (χ4n) is 4.81. The standard InChI is InChI=1S/C25H27Cl2NO8/c1-28(25(33)36-24-21(31)19(29)20(30)22(35-24)23(32)34-2)18-10-8-13(14-5-3-4-6-15(14)18)12-7-9-16(26)17(27)11-12/h3-7,9,11,13,18-22,24,29-31H,8,10H2,1-2H3/t13-,18-,19?,20?,21?,22?,24?/m1/s1. The molecule has 2 aromatic carbocycles. The Hall–Kier alpha value is -2.40. The molecule has 1 aliphatic heterocycles. The second-order valence-electron chi connectivity index (χ2n) is 8.86. The molecule has 0 spiro atoms. The van der Waals surface area contributed by atoms with Crippen LogP contribution in [0.2, 0.25) is 10.0 Å². The number of aliphatic hydroxyl groups is 3. The molecule has 0 bridgehead atoms. The van der Waals surface area contributed by atoms with Crippen molar-refractivity contribution in [1.29, 1.82) is 0 Å². The topological polar surface area (TPSA) is 126 Å². The zero-order valence-corrected chi connectivity index (χ0v) is 21.1. The van der Waals surface area contributed by atoms with Gasteiger partial charge in [0.05, 0.1) is 23.2 Å². The lowest BCUT2D eigenvalue weighted by Crippen LogP contribution is -2.61. The van der Waals surface area contributed by atoms with E-state index in [1.807, 2.05) is 36.4 Å². The summed E-state index contributed by atoms with van der Waals surface area (Å²) in [5.41, 5.74) is 2.97. The van der Waals surface area contributed by atoms with Gasteiger partial charge in [-0.3, -0.25) is 0 Å². The largest absolute Gasteiger partial charge is 0.467 e. The summed E-state index contributed by atoms with van der Waals surface area (Å²) < 4.78 is 15.2. The highest BCUT2D eigenvalue weighted by Crippen LogP contribution is 2.44. The van der Waals surface area contributed by atoms with Crippen molar-refractivity contribution in [3.8, 4) is 0 Å². The van der Waals surface area contributed by atoms with Crippen molar-refractivity contribution in [2.75, 3.05) is 14.2 Å². The van der Waals surface area contributed by atoms with E-state index in [9.17, 15) is 24.9 Å². The summed E-state index contributed by atoms with van der Waals surface area (Å²) in [5, 5.41) is 31.4. The van der Waals surface area contributed by atoms with Crippen molar-refractivity contribution in [3.63, 3.8) is 0 Å². The number of methoxy groups -OCH3 is 1. The zero-order valence-electron chi connectivity index (χ0n) is 19.6. The maximum Gasteiger partial charge on any atom is 0.412 e. The lowest BCUT2D eigenvalue weighted by Gasteiger charge is -2.40. The van der Waals surface area contributed by atoms with E-state index in [0.29, 0.717) is 16.5 Å². The molecule has 3 N–H and O–H groups in total. The first-order chi connectivity index (χ1) is 17.1. The second kappa shape index (κ2) is 10.9. The van der Waals surface area contributed by atoms with Crippen molar-refractivity contribution in [1.82, 2.24) is 4.90 Å². The Kier molecular flexibility index (Phi) is 8.09. The molecule has 0 radical (unpaired) electrons. The molecule has 5 unspecified atom stereocenters. The van der Waals surface area contributed by atoms with E-state index < -0.39 is 42.8 Å². The van der Waals surface area contributed by atoms with Crippen molar-refractivity contribution in [3.05, 3.63) is 69.2 Å². The molecule has 1 saturated heterocycles. The summed E-state index contributed by atoms with van der Waals surface area (Å²) in [6, 6.07) is 13.0. The van der Waals surface area contributed by atoms with Crippen LogP contribution in [0.4, 0.5) is 4.79 Å². The van der Waals surface area contributed by atoms with E-state index >= 15 is 0 Å². The van der Waals surface area contributed by atoms with E-state index in [0.717, 1.165) is 30.2 Å². The summed E-state index contributed by atoms with van der Waals surface area (Å²) in [6.07, 6.45) is -8.13. The first kappa shape index (κ1) is 26.7. The molecular weight excluding hydrogens is 513 g/mol. The first-order valence-electron chi connectivity index (χ1n) is 11.4. The minimum Gasteiger partial charge on any atom is -0.467 e. The van der Waals surface area contributed by atoms with E-state index in [-0.39, 0.29) is 12.0 Å². The van der Waals surface area contributed by atoms with Crippen molar-refractivity contribution in [2.24, 2.45) is 0 Å². The van der Waals surface area contributed by atoms with Gasteiger partial charge in [-0.15, -0.1) is 0 Å². The smallest absolute Gasteiger partial charge is 0.412 e. The molecule has 2 aromatic rings. The fourth-order valence-corrected chi connectivity index (χ4v) is 5.12. The Morgan fingerprint density at radius 3 is 2.33 bits per heavy atom. The van der Waals surface area contributed by atoms with Gasteiger partial charge in [-0.2, -0.15) is 0 Å². The molecule has 1 amide bonds. The van der Waals surface area contributed by atoms with Crippen LogP contribution in [0.5, 0.6) is 0 Å². The van der Waals surface area contributed by atoms with Gasteiger partial charge in [-0.1, -0.05) is 53.5 Å². The summed E-state index contributed by atoms with van der Waals surface area (Å²) in [4.78, 5) is 26.3. The predicted molar refractivity (Wildman–Crippen MR) is 130 cm³/mol. The highest BCUT2D eigenvalue weighted by atomic mass is 35.5. The number of halogens is 2. The van der Waals surface area contributed by atoms with Gasteiger partial charge in [0.1, 0.15) is 18.3 Å². The quantitative estimate of drug-likeness (QED) is 0.506. The van der Waals surface area contributed by atoms with Crippen LogP contribution in [-0.2, 0) is 19.0 Å².